The van der Waals surface area contributed by atoms with Crippen LogP contribution in [0.15, 0.2) is 53.6 Å². The molecule has 1 aliphatic rings. The van der Waals surface area contributed by atoms with Crippen LogP contribution in [-0.2, 0) is 14.6 Å². The summed E-state index contributed by atoms with van der Waals surface area (Å²) in [5, 5.41) is 3.87. The molecule has 3 aromatic rings. The van der Waals surface area contributed by atoms with Crippen LogP contribution in [-0.4, -0.2) is 36.1 Å². The number of amides is 1. The molecule has 3 N–H and O–H groups in total. The molecule has 27 heavy (non-hydrogen) atoms. The lowest BCUT2D eigenvalue weighted by atomic mass is 10.0. The first-order chi connectivity index (χ1) is 12.8. The highest BCUT2D eigenvalue weighted by Crippen LogP contribution is 2.38. The second-order valence-corrected chi connectivity index (χ2v) is 8.82. The maximum absolute atomic E-state index is 11.6. The van der Waals surface area contributed by atoms with Crippen LogP contribution < -0.4 is 11.1 Å². The molecule has 1 heterocycles. The average Bonchev–Trinajstić information content (AvgIpc) is 3.41. The van der Waals surface area contributed by atoms with Gasteiger partial charge in [0, 0.05) is 17.8 Å². The van der Waals surface area contributed by atoms with Gasteiger partial charge in [0.05, 0.1) is 10.4 Å². The van der Waals surface area contributed by atoms with Crippen molar-refractivity contribution in [3.8, 4) is 11.1 Å². The van der Waals surface area contributed by atoms with Gasteiger partial charge in [0.2, 0.25) is 11.9 Å². The number of rotatable bonds is 5. The van der Waals surface area contributed by atoms with Crippen LogP contribution in [0.1, 0.15) is 12.8 Å². The monoisotopic (exact) mass is 382 g/mol. The molecule has 0 atom stereocenters. The van der Waals surface area contributed by atoms with E-state index in [0.717, 1.165) is 22.0 Å². The molecule has 0 saturated heterocycles. The molecule has 1 amide bonds. The second-order valence-electron chi connectivity index (χ2n) is 6.80. The number of nitrogens with two attached hydrogens (primary N) is 1. The summed E-state index contributed by atoms with van der Waals surface area (Å²) in [6.45, 7) is 0. The second kappa shape index (κ2) is 6.02. The summed E-state index contributed by atoms with van der Waals surface area (Å²) in [5.74, 6) is -0.0331. The van der Waals surface area contributed by atoms with E-state index in [2.05, 4.69) is 15.3 Å². The highest BCUT2D eigenvalue weighted by atomic mass is 32.2. The largest absolute Gasteiger partial charge is 0.368 e. The Bertz CT molecular complexity index is 1150. The lowest BCUT2D eigenvalue weighted by molar-refractivity contribution is -0.119. The zero-order chi connectivity index (χ0) is 19.2. The Balaban J connectivity index is 1.71. The summed E-state index contributed by atoms with van der Waals surface area (Å²) >= 11 is 0. The Morgan fingerprint density at radius 3 is 2.44 bits per heavy atom. The van der Waals surface area contributed by atoms with Crippen molar-refractivity contribution in [1.29, 1.82) is 0 Å². The molecule has 0 bridgehead atoms. The van der Waals surface area contributed by atoms with Gasteiger partial charge < -0.3 is 11.1 Å². The number of anilines is 1. The molecule has 138 valence electrons. The van der Waals surface area contributed by atoms with E-state index in [1.165, 1.54) is 6.26 Å². The molecule has 4 rings (SSSR count). The van der Waals surface area contributed by atoms with Gasteiger partial charge in [-0.2, -0.15) is 0 Å². The fourth-order valence-electron chi connectivity index (χ4n) is 3.02. The molecule has 0 spiro atoms. The fourth-order valence-corrected chi connectivity index (χ4v) is 3.65. The molecule has 1 aliphatic carbocycles. The van der Waals surface area contributed by atoms with Crippen LogP contribution in [0.2, 0.25) is 0 Å². The van der Waals surface area contributed by atoms with Crippen LogP contribution in [0, 0.1) is 0 Å². The summed E-state index contributed by atoms with van der Waals surface area (Å²) in [6.07, 6.45) is 4.23. The zero-order valence-corrected chi connectivity index (χ0v) is 15.5. The van der Waals surface area contributed by atoms with Gasteiger partial charge in [-0.15, -0.1) is 0 Å². The first kappa shape index (κ1) is 17.4. The smallest absolute Gasteiger partial charge is 0.243 e. The summed E-state index contributed by atoms with van der Waals surface area (Å²) in [5.41, 5.74) is 7.19. The van der Waals surface area contributed by atoms with Crippen LogP contribution in [0.4, 0.5) is 5.95 Å². The van der Waals surface area contributed by atoms with Crippen molar-refractivity contribution < 1.29 is 13.2 Å². The van der Waals surface area contributed by atoms with Crippen LogP contribution in [0.3, 0.4) is 0 Å². The van der Waals surface area contributed by atoms with Gasteiger partial charge in [-0.1, -0.05) is 24.3 Å². The van der Waals surface area contributed by atoms with E-state index in [-0.39, 0.29) is 4.90 Å². The van der Waals surface area contributed by atoms with E-state index in [9.17, 15) is 13.2 Å². The summed E-state index contributed by atoms with van der Waals surface area (Å²) in [7, 11) is -3.24. The van der Waals surface area contributed by atoms with Crippen LogP contribution in [0.5, 0.6) is 0 Å². The van der Waals surface area contributed by atoms with E-state index in [1.54, 1.807) is 30.5 Å². The van der Waals surface area contributed by atoms with Gasteiger partial charge in [-0.25, -0.2) is 18.4 Å². The van der Waals surface area contributed by atoms with Crippen molar-refractivity contribution in [2.24, 2.45) is 5.73 Å². The number of carbonyl (C=O) groups excluding carboxylic acids is 1. The van der Waals surface area contributed by atoms with Crippen molar-refractivity contribution in [3.63, 3.8) is 0 Å². The summed E-state index contributed by atoms with van der Waals surface area (Å²) < 4.78 is 23.3. The molecule has 8 heteroatoms. The zero-order valence-electron chi connectivity index (χ0n) is 14.6. The molecule has 1 aromatic heterocycles. The number of benzene rings is 2. The topological polar surface area (TPSA) is 115 Å². The van der Waals surface area contributed by atoms with Crippen molar-refractivity contribution >= 4 is 32.6 Å². The first-order valence-electron chi connectivity index (χ1n) is 8.43. The van der Waals surface area contributed by atoms with Crippen molar-refractivity contribution in [1.82, 2.24) is 9.97 Å². The van der Waals surface area contributed by atoms with Gasteiger partial charge in [-0.05, 0) is 42.2 Å². The number of sulfone groups is 1. The lowest BCUT2D eigenvalue weighted by Gasteiger charge is -2.14. The molecule has 0 aliphatic heterocycles. The Hall–Kier alpha value is -3.00. The van der Waals surface area contributed by atoms with Gasteiger partial charge >= 0.3 is 0 Å². The van der Waals surface area contributed by atoms with Gasteiger partial charge in [0.15, 0.2) is 9.84 Å². The van der Waals surface area contributed by atoms with Crippen molar-refractivity contribution in [3.05, 3.63) is 48.7 Å². The molecule has 1 saturated carbocycles. The van der Waals surface area contributed by atoms with E-state index < -0.39 is 21.3 Å². The summed E-state index contributed by atoms with van der Waals surface area (Å²) in [4.78, 5) is 20.7. The minimum Gasteiger partial charge on any atom is -0.368 e. The number of hydrogen-bond donors (Lipinski definition) is 2. The minimum absolute atomic E-state index is 0.274. The molecule has 7 nitrogen and oxygen atoms in total. The van der Waals surface area contributed by atoms with E-state index >= 15 is 0 Å². The Morgan fingerprint density at radius 1 is 1.15 bits per heavy atom. The van der Waals surface area contributed by atoms with E-state index in [0.29, 0.717) is 18.8 Å². The van der Waals surface area contributed by atoms with Gasteiger partial charge in [-0.3, -0.25) is 4.79 Å². The molecular weight excluding hydrogens is 364 g/mol. The predicted octanol–water partition coefficient (Wildman–Crippen LogP) is 2.13. The third-order valence-electron chi connectivity index (χ3n) is 4.79. The molecule has 0 unspecified atom stereocenters. The minimum atomic E-state index is -3.24. The van der Waals surface area contributed by atoms with Gasteiger partial charge in [0.25, 0.3) is 0 Å². The Morgan fingerprint density at radius 2 is 1.85 bits per heavy atom. The molecule has 0 radical (unpaired) electrons. The van der Waals surface area contributed by atoms with Crippen LogP contribution >= 0.6 is 0 Å². The Labute approximate surface area is 156 Å². The maximum atomic E-state index is 11.6. The fraction of sp³-hybridized carbons (Fsp3) is 0.211. The first-order valence-corrected chi connectivity index (χ1v) is 10.3. The van der Waals surface area contributed by atoms with E-state index in [4.69, 9.17) is 5.73 Å². The number of nitrogens with one attached hydrogen (secondary N) is 1. The molecule has 1 fully saturated rings. The number of fused-ring (bicyclic) bond motifs is 1. The maximum Gasteiger partial charge on any atom is 0.243 e. The highest BCUT2D eigenvalue weighted by molar-refractivity contribution is 7.90. The highest BCUT2D eigenvalue weighted by Gasteiger charge is 2.49. The van der Waals surface area contributed by atoms with Crippen LogP contribution in [0.25, 0.3) is 22.0 Å². The number of aromatic nitrogens is 2. The number of primary amides is 1. The quantitative estimate of drug-likeness (QED) is 0.698. The van der Waals surface area contributed by atoms with E-state index in [1.807, 2.05) is 18.2 Å². The standard InChI is InChI=1S/C19H18N4O3S/c1-27(25,26)13-7-5-12(6-8-13)14-3-2-4-16-15(14)11-21-18(22-16)23-19(9-10-19)17(20)24/h2-8,11H,9-10H2,1H3,(H2,20,24)(H,21,22,23). The molecule has 2 aromatic carbocycles. The van der Waals surface area contributed by atoms with Gasteiger partial charge in [0.1, 0.15) is 5.54 Å². The van der Waals surface area contributed by atoms with Crippen molar-refractivity contribution in [2.75, 3.05) is 11.6 Å². The number of hydrogen-bond acceptors (Lipinski definition) is 6. The summed E-state index contributed by atoms with van der Waals surface area (Å²) in [6, 6.07) is 12.4. The van der Waals surface area contributed by atoms with Crippen molar-refractivity contribution in [2.45, 2.75) is 23.3 Å². The Kier molecular flexibility index (Phi) is 3.88. The normalized spacial score (nSPS) is 15.4. The third-order valence-corrected chi connectivity index (χ3v) is 5.92. The average molecular weight is 382 g/mol. The number of nitrogens with zero attached hydrogens (tertiary/aromatic N) is 2. The SMILES string of the molecule is CS(=O)(=O)c1ccc(-c2cccc3nc(NC4(C(N)=O)CC4)ncc23)cc1. The third kappa shape index (κ3) is 3.23. The number of carbonyl (C=O) groups is 1. The lowest BCUT2D eigenvalue weighted by Crippen LogP contribution is -2.38. The molecular formula is C19H18N4O3S. The predicted molar refractivity (Wildman–Crippen MR) is 103 cm³/mol.